The Hall–Kier alpha value is -3.52. The average Bonchev–Trinajstić information content (AvgIpc) is 3.35. The number of likely N-dealkylation sites (tertiary alicyclic amines) is 1. The van der Waals surface area contributed by atoms with Crippen molar-refractivity contribution in [3.05, 3.63) is 40.7 Å². The molecule has 46 heavy (non-hydrogen) atoms. The molecule has 254 valence electrons. The van der Waals surface area contributed by atoms with Crippen LogP contribution in [0.2, 0.25) is 0 Å². The summed E-state index contributed by atoms with van der Waals surface area (Å²) in [5, 5.41) is 27.5. The maximum Gasteiger partial charge on any atom is 0.352 e. The predicted octanol–water partition coefficient (Wildman–Crippen LogP) is 0.706. The van der Waals surface area contributed by atoms with E-state index in [1.807, 2.05) is 19.2 Å². The number of nitrogens with zero attached hydrogens (tertiary/aromatic N) is 1. The van der Waals surface area contributed by atoms with E-state index in [9.17, 15) is 29.4 Å². The van der Waals surface area contributed by atoms with Gasteiger partial charge in [0.25, 0.3) is 0 Å². The molecule has 0 radical (unpaired) electrons. The Kier molecular flexibility index (Phi) is 10.5. The van der Waals surface area contributed by atoms with E-state index in [0.717, 1.165) is 11.1 Å². The summed E-state index contributed by atoms with van der Waals surface area (Å²) >= 11 is 0. The summed E-state index contributed by atoms with van der Waals surface area (Å²) in [6.07, 6.45) is 2.58. The fourth-order valence-electron chi connectivity index (χ4n) is 7.53. The number of hydrogen-bond acceptors (Lipinski definition) is 11. The number of carbonyl (C=O) groups is 4. The molecule has 5 rings (SSSR count). The highest BCUT2D eigenvalue weighted by Gasteiger charge is 2.72. The second kappa shape index (κ2) is 13.7. The Morgan fingerprint density at radius 3 is 2.59 bits per heavy atom. The van der Waals surface area contributed by atoms with Crippen LogP contribution >= 0.6 is 0 Å². The van der Waals surface area contributed by atoms with Crippen LogP contribution in [0.15, 0.2) is 24.0 Å². The molecule has 1 aromatic rings. The number of aliphatic hydroxyl groups is 2. The number of ether oxygens (including phenoxy) is 3. The summed E-state index contributed by atoms with van der Waals surface area (Å²) < 4.78 is 17.7. The number of carbonyl (C=O) groups excluding carboxylic acids is 4. The quantitative estimate of drug-likeness (QED) is 0.159. The third kappa shape index (κ3) is 5.89. The van der Waals surface area contributed by atoms with E-state index in [2.05, 4.69) is 15.5 Å². The first-order chi connectivity index (χ1) is 21.4. The molecule has 6 N–H and O–H groups in total. The second-order valence-electron chi connectivity index (χ2n) is 12.7. The predicted molar refractivity (Wildman–Crippen MR) is 167 cm³/mol. The van der Waals surface area contributed by atoms with E-state index in [0.29, 0.717) is 56.5 Å². The Morgan fingerprint density at radius 2 is 1.91 bits per heavy atom. The van der Waals surface area contributed by atoms with Gasteiger partial charge in [0.2, 0.25) is 11.8 Å². The van der Waals surface area contributed by atoms with Gasteiger partial charge < -0.3 is 45.7 Å². The van der Waals surface area contributed by atoms with Crippen molar-refractivity contribution in [3.8, 4) is 5.75 Å². The molecule has 2 aliphatic heterocycles. The van der Waals surface area contributed by atoms with E-state index < -0.39 is 53.2 Å². The lowest BCUT2D eigenvalue weighted by molar-refractivity contribution is -0.176. The minimum absolute atomic E-state index is 0. The number of likely N-dealkylation sites (N-methyl/N-ethyl adjacent to an activating group) is 1. The number of piperidine rings is 1. The molecule has 2 heterocycles. The number of rotatable bonds is 12. The van der Waals surface area contributed by atoms with Gasteiger partial charge in [-0.3, -0.25) is 9.59 Å². The van der Waals surface area contributed by atoms with Crippen molar-refractivity contribution in [2.45, 2.75) is 115 Å². The van der Waals surface area contributed by atoms with Crippen LogP contribution < -0.4 is 21.1 Å². The summed E-state index contributed by atoms with van der Waals surface area (Å²) in [7, 11) is 1.99. The molecule has 0 aromatic heterocycles. The summed E-state index contributed by atoms with van der Waals surface area (Å²) in [5.74, 6) is -1.88. The summed E-state index contributed by atoms with van der Waals surface area (Å²) in [5.41, 5.74) is 5.98. The van der Waals surface area contributed by atoms with Gasteiger partial charge in [-0.1, -0.05) is 19.6 Å². The zero-order valence-electron chi connectivity index (χ0n) is 26.3. The Bertz CT molecular complexity index is 1400. The fourth-order valence-corrected chi connectivity index (χ4v) is 7.53. The van der Waals surface area contributed by atoms with Gasteiger partial charge in [0.05, 0.1) is 17.6 Å². The highest BCUT2D eigenvalue weighted by Crippen LogP contribution is 2.64. The van der Waals surface area contributed by atoms with Crippen molar-refractivity contribution in [3.63, 3.8) is 0 Å². The number of amides is 2. The lowest BCUT2D eigenvalue weighted by atomic mass is 9.50. The van der Waals surface area contributed by atoms with E-state index >= 15 is 0 Å². The third-order valence-corrected chi connectivity index (χ3v) is 9.82. The highest BCUT2D eigenvalue weighted by molar-refractivity contribution is 5.90. The number of hydrogen-bond donors (Lipinski definition) is 5. The number of benzene rings is 1. The largest absolute Gasteiger partial charge is 0.481 e. The monoisotopic (exact) mass is 644 g/mol. The molecular weight excluding hydrogens is 596 g/mol. The fraction of sp³-hybridized carbons (Fsp3) is 0.636. The molecule has 2 bridgehead atoms. The zero-order valence-corrected chi connectivity index (χ0v) is 26.3. The van der Waals surface area contributed by atoms with Gasteiger partial charge in [-0.25, -0.2) is 9.59 Å². The molecular formula is C33H48N4O9. The topological polar surface area (TPSA) is 190 Å². The first kappa shape index (κ1) is 35.3. The lowest BCUT2D eigenvalue weighted by Crippen LogP contribution is -2.74. The first-order valence-electron chi connectivity index (χ1n) is 15.6. The lowest BCUT2D eigenvalue weighted by Gasteiger charge is -2.61. The van der Waals surface area contributed by atoms with Crippen LogP contribution in [0.3, 0.4) is 0 Å². The minimum Gasteiger partial charge on any atom is -0.481 e. The molecule has 1 spiro atoms. The van der Waals surface area contributed by atoms with Gasteiger partial charge in [0, 0.05) is 30.5 Å². The Labute approximate surface area is 269 Å². The van der Waals surface area contributed by atoms with E-state index in [-0.39, 0.29) is 38.2 Å². The van der Waals surface area contributed by atoms with Gasteiger partial charge in [-0.05, 0) is 77.7 Å². The van der Waals surface area contributed by atoms with Crippen molar-refractivity contribution >= 4 is 23.8 Å². The van der Waals surface area contributed by atoms with Crippen molar-refractivity contribution in [1.29, 1.82) is 0 Å². The van der Waals surface area contributed by atoms with Gasteiger partial charge in [0.1, 0.15) is 23.6 Å². The Morgan fingerprint density at radius 1 is 1.17 bits per heavy atom. The summed E-state index contributed by atoms with van der Waals surface area (Å²) in [4.78, 5) is 52.6. The second-order valence-corrected chi connectivity index (χ2v) is 12.7. The van der Waals surface area contributed by atoms with Crippen LogP contribution in [0.25, 0.3) is 0 Å². The van der Waals surface area contributed by atoms with Crippen LogP contribution in [0.1, 0.15) is 77.0 Å². The van der Waals surface area contributed by atoms with Crippen LogP contribution in [0, 0.1) is 0 Å². The number of unbranched alkanes of at least 4 members (excludes halogenated alkanes) is 1. The first-order valence-corrected chi connectivity index (χ1v) is 15.6. The van der Waals surface area contributed by atoms with Gasteiger partial charge in [-0.15, -0.1) is 0 Å². The molecule has 7 atom stereocenters. The molecule has 13 nitrogen and oxygen atoms in total. The van der Waals surface area contributed by atoms with E-state index in [1.165, 1.54) is 20.8 Å². The average molecular weight is 645 g/mol. The number of aliphatic hydroxyl groups excluding tert-OH is 1. The maximum atomic E-state index is 13.3. The van der Waals surface area contributed by atoms with Crippen LogP contribution in [0.5, 0.6) is 5.75 Å². The molecule has 2 amide bonds. The third-order valence-electron chi connectivity index (χ3n) is 9.82. The van der Waals surface area contributed by atoms with Crippen molar-refractivity contribution in [2.75, 3.05) is 20.1 Å². The van der Waals surface area contributed by atoms with Crippen LogP contribution in [0.4, 0.5) is 0 Å². The molecule has 1 fully saturated rings. The molecule has 0 unspecified atom stereocenters. The molecule has 1 saturated heterocycles. The molecule has 0 saturated carbocycles. The van der Waals surface area contributed by atoms with Crippen LogP contribution in [-0.4, -0.2) is 94.9 Å². The van der Waals surface area contributed by atoms with Gasteiger partial charge in [0.15, 0.2) is 12.2 Å². The number of nitrogens with two attached hydrogens (primary N) is 1. The standard InChI is InChI=1S/C32H44N4O9.CH4/c1-17(34-28(39)22(35-19(3)38)7-5-6-13-33)29(40)43-18(2)30(41)44-23-10-11-32(42)24-15-20-8-9-21(16-37)26-25(20)31(32,27(23)45-26)12-14-36(24)4;/h8-10,17-18,22,24,27,37,42H,5-7,11-16,33H2,1-4H3,(H,34,39)(H,35,38);1H4/t17-,18-,22-,24+,27-,31-,32+;/m0./s1. The Balaban J connectivity index is 0.00000480. The molecule has 2 aliphatic carbocycles. The highest BCUT2D eigenvalue weighted by atomic mass is 16.6. The SMILES string of the molecule is C.CC(=O)N[C@@H](CCCCN)C(=O)N[C@@H](C)C(=O)O[C@@H](C)C(=O)OC1=CC[C@@]2(O)[C@H]3Cc4ccc(CO)c5c4[C@@]2(CCN3C)[C@H]1O5. The number of nitrogens with one attached hydrogen (secondary N) is 2. The van der Waals surface area contributed by atoms with E-state index in [4.69, 9.17) is 19.9 Å². The molecule has 4 aliphatic rings. The zero-order chi connectivity index (χ0) is 32.7. The maximum absolute atomic E-state index is 13.3. The van der Waals surface area contributed by atoms with Gasteiger partial charge in [-0.2, -0.15) is 0 Å². The van der Waals surface area contributed by atoms with Crippen molar-refractivity contribution < 1.29 is 43.6 Å². The smallest absolute Gasteiger partial charge is 0.352 e. The van der Waals surface area contributed by atoms with Crippen molar-refractivity contribution in [2.24, 2.45) is 5.73 Å². The summed E-state index contributed by atoms with van der Waals surface area (Å²) in [6, 6.07) is 1.68. The molecule has 1 aromatic carbocycles. The minimum atomic E-state index is -1.32. The molecule has 13 heteroatoms. The van der Waals surface area contributed by atoms with E-state index in [1.54, 1.807) is 6.08 Å². The number of esters is 2. The van der Waals surface area contributed by atoms with Crippen molar-refractivity contribution in [1.82, 2.24) is 15.5 Å². The normalized spacial score (nSPS) is 27.4. The van der Waals surface area contributed by atoms with Crippen LogP contribution in [-0.2, 0) is 47.1 Å². The van der Waals surface area contributed by atoms with Gasteiger partial charge >= 0.3 is 11.9 Å². The summed E-state index contributed by atoms with van der Waals surface area (Å²) in [6.45, 7) is 5.00.